The molecular weight excluding hydrogens is 533 g/mol. The van der Waals surface area contributed by atoms with Crippen LogP contribution in [0.2, 0.25) is 0 Å². The number of nitrogens with two attached hydrogens (primary N) is 1. The molecule has 4 N–H and O–H groups in total. The zero-order valence-electron chi connectivity index (χ0n) is 22.0. The van der Waals surface area contributed by atoms with Crippen molar-refractivity contribution in [1.29, 1.82) is 0 Å². The number of anilines is 4. The molecule has 0 aliphatic carbocycles. The summed E-state index contributed by atoms with van der Waals surface area (Å²) in [6, 6.07) is 19.5. The van der Waals surface area contributed by atoms with Gasteiger partial charge in [-0.25, -0.2) is 15.0 Å². The van der Waals surface area contributed by atoms with Crippen molar-refractivity contribution in [2.24, 2.45) is 0 Å². The minimum Gasteiger partial charge on any atom is -0.455 e. The van der Waals surface area contributed by atoms with E-state index in [4.69, 9.17) is 10.5 Å². The van der Waals surface area contributed by atoms with Gasteiger partial charge in [-0.15, -0.1) is 0 Å². The van der Waals surface area contributed by atoms with Crippen molar-refractivity contribution < 1.29 is 22.7 Å². The van der Waals surface area contributed by atoms with E-state index in [1.807, 2.05) is 26.0 Å². The van der Waals surface area contributed by atoms with Gasteiger partial charge in [0.2, 0.25) is 0 Å². The molecule has 0 bridgehead atoms. The molecule has 41 heavy (non-hydrogen) atoms. The highest BCUT2D eigenvalue weighted by Crippen LogP contribution is 2.35. The highest BCUT2D eigenvalue weighted by Gasteiger charge is 2.30. The molecule has 0 saturated carbocycles. The Morgan fingerprint density at radius 1 is 0.927 bits per heavy atom. The number of benzene rings is 3. The topological polar surface area (TPSA) is 115 Å². The van der Waals surface area contributed by atoms with Crippen LogP contribution in [0.3, 0.4) is 0 Å². The summed E-state index contributed by atoms with van der Waals surface area (Å²) in [6.45, 7) is 4.08. The van der Waals surface area contributed by atoms with E-state index in [2.05, 4.69) is 25.6 Å². The van der Waals surface area contributed by atoms with E-state index in [1.54, 1.807) is 42.5 Å². The quantitative estimate of drug-likeness (QED) is 0.177. The number of halogens is 3. The van der Waals surface area contributed by atoms with Gasteiger partial charge >= 0.3 is 6.18 Å². The Morgan fingerprint density at radius 2 is 1.66 bits per heavy atom. The number of rotatable bonds is 7. The molecule has 0 radical (unpaired) electrons. The maximum absolute atomic E-state index is 13.1. The van der Waals surface area contributed by atoms with E-state index >= 15 is 0 Å². The molecule has 5 rings (SSSR count). The maximum Gasteiger partial charge on any atom is 0.416 e. The number of ether oxygens (including phenoxy) is 1. The van der Waals surface area contributed by atoms with Gasteiger partial charge in [0.1, 0.15) is 17.9 Å². The van der Waals surface area contributed by atoms with E-state index in [1.165, 1.54) is 18.5 Å². The van der Waals surface area contributed by atoms with Crippen LogP contribution in [-0.2, 0) is 6.18 Å². The van der Waals surface area contributed by atoms with Gasteiger partial charge < -0.3 is 21.1 Å². The fourth-order valence-corrected chi connectivity index (χ4v) is 3.97. The van der Waals surface area contributed by atoms with Gasteiger partial charge in [0.05, 0.1) is 16.6 Å². The van der Waals surface area contributed by atoms with Crippen LogP contribution < -0.4 is 21.1 Å². The number of nitrogens with zero attached hydrogens (tertiary/aromatic N) is 3. The van der Waals surface area contributed by atoms with E-state index in [0.717, 1.165) is 17.8 Å². The van der Waals surface area contributed by atoms with Crippen LogP contribution in [0.5, 0.6) is 11.5 Å². The van der Waals surface area contributed by atoms with Crippen LogP contribution in [0.25, 0.3) is 11.0 Å². The van der Waals surface area contributed by atoms with E-state index in [-0.39, 0.29) is 17.2 Å². The number of pyridine rings is 1. The Bertz CT molecular complexity index is 1710. The standard InChI is InChI=1S/C30H25F3N6O2/c1-17(2)24-13-12-23-27(38-24)35-16-36-28(23)39-25-15-18(3-14-26(25)41-22-10-6-20(34)7-11-22)29(40)37-21-8-4-19(5-9-21)30(31,32)33/h3-17H,34H2,1-2H3,(H,37,40)(H,35,36,38,39). The van der Waals surface area contributed by atoms with Gasteiger partial charge in [-0.1, -0.05) is 13.8 Å². The molecule has 0 aliphatic heterocycles. The highest BCUT2D eigenvalue weighted by atomic mass is 19.4. The van der Waals surface area contributed by atoms with Gasteiger partial charge in [0, 0.05) is 22.6 Å². The van der Waals surface area contributed by atoms with Gasteiger partial charge in [-0.3, -0.25) is 4.79 Å². The lowest BCUT2D eigenvalue weighted by Crippen LogP contribution is -2.13. The lowest BCUT2D eigenvalue weighted by molar-refractivity contribution is -0.137. The molecule has 2 heterocycles. The number of alkyl halides is 3. The van der Waals surface area contributed by atoms with Crippen molar-refractivity contribution in [3.63, 3.8) is 0 Å². The fourth-order valence-electron chi connectivity index (χ4n) is 3.97. The molecule has 0 aliphatic rings. The molecule has 0 fully saturated rings. The van der Waals surface area contributed by atoms with Gasteiger partial charge in [0.25, 0.3) is 5.91 Å². The normalized spacial score (nSPS) is 11.5. The first-order valence-corrected chi connectivity index (χ1v) is 12.6. The number of nitrogens with one attached hydrogen (secondary N) is 2. The third kappa shape index (κ3) is 6.35. The average molecular weight is 559 g/mol. The van der Waals surface area contributed by atoms with Crippen LogP contribution >= 0.6 is 0 Å². The minimum absolute atomic E-state index is 0.213. The molecule has 0 unspecified atom stereocenters. The summed E-state index contributed by atoms with van der Waals surface area (Å²) < 4.78 is 44.8. The first-order chi connectivity index (χ1) is 19.6. The zero-order chi connectivity index (χ0) is 29.1. The zero-order valence-corrected chi connectivity index (χ0v) is 22.0. The molecule has 3 aromatic carbocycles. The number of carbonyl (C=O) groups is 1. The minimum atomic E-state index is -4.47. The largest absolute Gasteiger partial charge is 0.455 e. The number of hydrogen-bond donors (Lipinski definition) is 3. The SMILES string of the molecule is CC(C)c1ccc2c(Nc3cc(C(=O)Nc4ccc(C(F)(F)F)cc4)ccc3Oc3ccc(N)cc3)ncnc2n1. The molecular formula is C30H25F3N6O2. The maximum atomic E-state index is 13.1. The first-order valence-electron chi connectivity index (χ1n) is 12.6. The lowest BCUT2D eigenvalue weighted by atomic mass is 10.1. The number of nitrogen functional groups attached to an aromatic ring is 1. The van der Waals surface area contributed by atoms with Crippen LogP contribution in [0.15, 0.2) is 85.2 Å². The van der Waals surface area contributed by atoms with Crippen LogP contribution in [0.4, 0.5) is 36.1 Å². The van der Waals surface area contributed by atoms with Gasteiger partial charge in [0.15, 0.2) is 11.4 Å². The summed E-state index contributed by atoms with van der Waals surface area (Å²) in [6.07, 6.45) is -3.08. The first kappa shape index (κ1) is 27.4. The predicted octanol–water partition coefficient (Wildman–Crippen LogP) is 7.54. The molecule has 208 valence electrons. The summed E-state index contributed by atoms with van der Waals surface area (Å²) >= 11 is 0. The summed E-state index contributed by atoms with van der Waals surface area (Å²) in [4.78, 5) is 26.4. The van der Waals surface area contributed by atoms with Crippen molar-refractivity contribution in [2.75, 3.05) is 16.4 Å². The molecule has 2 aromatic heterocycles. The average Bonchev–Trinajstić information content (AvgIpc) is 2.94. The highest BCUT2D eigenvalue weighted by molar-refractivity contribution is 6.05. The van der Waals surface area contributed by atoms with Crippen LogP contribution in [0.1, 0.15) is 41.4 Å². The smallest absolute Gasteiger partial charge is 0.416 e. The van der Waals surface area contributed by atoms with Crippen LogP contribution in [-0.4, -0.2) is 20.9 Å². The molecule has 0 saturated heterocycles. The van der Waals surface area contributed by atoms with Gasteiger partial charge in [-0.2, -0.15) is 13.2 Å². The third-order valence-corrected chi connectivity index (χ3v) is 6.18. The van der Waals surface area contributed by atoms with Crippen LogP contribution in [0, 0.1) is 0 Å². The second-order valence-electron chi connectivity index (χ2n) is 9.52. The van der Waals surface area contributed by atoms with Crippen molar-refractivity contribution in [1.82, 2.24) is 15.0 Å². The summed E-state index contributed by atoms with van der Waals surface area (Å²) in [5, 5.41) is 6.52. The second-order valence-corrected chi connectivity index (χ2v) is 9.52. The molecule has 0 spiro atoms. The Balaban J connectivity index is 1.48. The number of amides is 1. The Labute approximate surface area is 233 Å². The number of hydrogen-bond acceptors (Lipinski definition) is 7. The monoisotopic (exact) mass is 558 g/mol. The fraction of sp³-hybridized carbons (Fsp3) is 0.133. The van der Waals surface area contributed by atoms with Crippen molar-refractivity contribution >= 4 is 39.8 Å². The number of aromatic nitrogens is 3. The third-order valence-electron chi connectivity index (χ3n) is 6.18. The van der Waals surface area contributed by atoms with Crippen molar-refractivity contribution in [3.05, 3.63) is 102 Å². The summed E-state index contributed by atoms with van der Waals surface area (Å²) in [5.41, 5.74) is 7.81. The van der Waals surface area contributed by atoms with Crippen molar-refractivity contribution in [2.45, 2.75) is 25.9 Å². The molecule has 1 amide bonds. The summed E-state index contributed by atoms with van der Waals surface area (Å²) in [7, 11) is 0. The Morgan fingerprint density at radius 3 is 2.34 bits per heavy atom. The van der Waals surface area contributed by atoms with Crippen molar-refractivity contribution in [3.8, 4) is 11.5 Å². The molecule has 5 aromatic rings. The predicted molar refractivity (Wildman–Crippen MR) is 151 cm³/mol. The Kier molecular flexibility index (Phi) is 7.43. The van der Waals surface area contributed by atoms with E-state index in [9.17, 15) is 18.0 Å². The molecule has 8 nitrogen and oxygen atoms in total. The van der Waals surface area contributed by atoms with Gasteiger partial charge in [-0.05, 0) is 84.8 Å². The second kappa shape index (κ2) is 11.1. The van der Waals surface area contributed by atoms with E-state index < -0.39 is 17.6 Å². The number of carbonyl (C=O) groups excluding carboxylic acids is 1. The Hall–Kier alpha value is -5.19. The molecule has 11 heteroatoms. The summed E-state index contributed by atoms with van der Waals surface area (Å²) in [5.74, 6) is 1.04. The number of fused-ring (bicyclic) bond motifs is 1. The lowest BCUT2D eigenvalue weighted by Gasteiger charge is -2.16. The molecule has 0 atom stereocenters. The van der Waals surface area contributed by atoms with E-state index in [0.29, 0.717) is 39.7 Å².